The van der Waals surface area contributed by atoms with Crippen LogP contribution < -0.4 is 4.74 Å². The van der Waals surface area contributed by atoms with Gasteiger partial charge < -0.3 is 9.84 Å². The molecule has 0 unspecified atom stereocenters. The van der Waals surface area contributed by atoms with E-state index in [2.05, 4.69) is 36.1 Å². The van der Waals surface area contributed by atoms with Crippen LogP contribution in [0.1, 0.15) is 38.2 Å². The number of rotatable bonds is 5. The van der Waals surface area contributed by atoms with Gasteiger partial charge in [0.1, 0.15) is 5.75 Å². The maximum atomic E-state index is 10.9. The highest BCUT2D eigenvalue weighted by molar-refractivity contribution is 5.50. The molecule has 0 radical (unpaired) electrons. The maximum absolute atomic E-state index is 10.9. The van der Waals surface area contributed by atoms with E-state index in [4.69, 9.17) is 4.74 Å². The lowest BCUT2D eigenvalue weighted by atomic mass is 9.69. The Morgan fingerprint density at radius 3 is 2.78 bits per heavy atom. The van der Waals surface area contributed by atoms with Gasteiger partial charge in [0.2, 0.25) is 0 Å². The van der Waals surface area contributed by atoms with Gasteiger partial charge in [-0.2, -0.15) is 0 Å². The Balaban J connectivity index is 1.56. The molecule has 1 N–H and O–H groups in total. The molecular formula is C20H29NO2. The molecule has 3 heteroatoms. The van der Waals surface area contributed by atoms with Crippen molar-refractivity contribution in [3.63, 3.8) is 0 Å². The van der Waals surface area contributed by atoms with Gasteiger partial charge >= 0.3 is 0 Å². The van der Waals surface area contributed by atoms with Crippen molar-refractivity contribution >= 4 is 6.08 Å². The zero-order valence-electron chi connectivity index (χ0n) is 14.4. The van der Waals surface area contributed by atoms with Gasteiger partial charge in [-0.3, -0.25) is 4.90 Å². The molecule has 0 aromatic heterocycles. The van der Waals surface area contributed by atoms with Gasteiger partial charge in [0.15, 0.2) is 0 Å². The van der Waals surface area contributed by atoms with Crippen molar-refractivity contribution in [1.29, 1.82) is 0 Å². The minimum atomic E-state index is -0.419. The molecule has 3 nitrogen and oxygen atoms in total. The van der Waals surface area contributed by atoms with Crippen molar-refractivity contribution in [3.05, 3.63) is 35.9 Å². The van der Waals surface area contributed by atoms with E-state index < -0.39 is 5.60 Å². The highest BCUT2D eigenvalue weighted by atomic mass is 16.5. The van der Waals surface area contributed by atoms with E-state index in [9.17, 15) is 5.11 Å². The first-order valence-corrected chi connectivity index (χ1v) is 8.90. The third-order valence-electron chi connectivity index (χ3n) is 5.79. The van der Waals surface area contributed by atoms with Crippen LogP contribution in [0.25, 0.3) is 6.08 Å². The molecule has 1 aromatic carbocycles. The molecule has 3 atom stereocenters. The van der Waals surface area contributed by atoms with Crippen molar-refractivity contribution in [1.82, 2.24) is 4.90 Å². The number of ether oxygens (including phenoxy) is 1. The maximum Gasteiger partial charge on any atom is 0.118 e. The summed E-state index contributed by atoms with van der Waals surface area (Å²) in [6, 6.07) is 8.14. The van der Waals surface area contributed by atoms with Crippen LogP contribution in [0, 0.1) is 11.8 Å². The summed E-state index contributed by atoms with van der Waals surface area (Å²) in [6.45, 7) is 5.29. The molecule has 3 rings (SSSR count). The molecule has 23 heavy (non-hydrogen) atoms. The summed E-state index contributed by atoms with van der Waals surface area (Å²) in [5.41, 5.74) is 0.782. The lowest BCUT2D eigenvalue weighted by molar-refractivity contribution is -0.0611. The summed E-state index contributed by atoms with van der Waals surface area (Å²) in [5.74, 6) is 2.04. The fourth-order valence-corrected chi connectivity index (χ4v) is 4.36. The first-order valence-electron chi connectivity index (χ1n) is 8.90. The summed E-state index contributed by atoms with van der Waals surface area (Å²) in [5, 5.41) is 10.9. The van der Waals surface area contributed by atoms with Gasteiger partial charge in [-0.05, 0) is 42.9 Å². The third-order valence-corrected chi connectivity index (χ3v) is 5.79. The van der Waals surface area contributed by atoms with Crippen LogP contribution in [-0.2, 0) is 0 Å². The summed E-state index contributed by atoms with van der Waals surface area (Å²) in [7, 11) is 1.69. The zero-order valence-corrected chi connectivity index (χ0v) is 14.4. The van der Waals surface area contributed by atoms with E-state index >= 15 is 0 Å². The number of likely N-dealkylation sites (tertiary alicyclic amines) is 1. The first-order chi connectivity index (χ1) is 11.1. The Bertz CT molecular complexity index is 539. The summed E-state index contributed by atoms with van der Waals surface area (Å²) >= 11 is 0. The van der Waals surface area contributed by atoms with Gasteiger partial charge in [0, 0.05) is 25.6 Å². The highest BCUT2D eigenvalue weighted by Crippen LogP contribution is 2.44. The van der Waals surface area contributed by atoms with Crippen molar-refractivity contribution in [2.24, 2.45) is 11.8 Å². The molecule has 1 aromatic rings. The minimum absolute atomic E-state index is 0.419. The number of methoxy groups -OCH3 is 1. The van der Waals surface area contributed by atoms with Crippen LogP contribution in [0.15, 0.2) is 30.3 Å². The molecule has 1 saturated heterocycles. The Labute approximate surface area is 140 Å². The Kier molecular flexibility index (Phi) is 5.08. The Hall–Kier alpha value is -1.32. The van der Waals surface area contributed by atoms with Gasteiger partial charge in [-0.15, -0.1) is 0 Å². The van der Waals surface area contributed by atoms with Gasteiger partial charge in [-0.25, -0.2) is 0 Å². The quantitative estimate of drug-likeness (QED) is 0.901. The van der Waals surface area contributed by atoms with Crippen LogP contribution in [0.4, 0.5) is 0 Å². The molecule has 126 valence electrons. The number of hydrogen-bond acceptors (Lipinski definition) is 3. The van der Waals surface area contributed by atoms with Gasteiger partial charge in [0.25, 0.3) is 0 Å². The Morgan fingerprint density at radius 2 is 2.09 bits per heavy atom. The lowest BCUT2D eigenvalue weighted by Gasteiger charge is -2.40. The third kappa shape index (κ3) is 3.61. The molecule has 0 amide bonds. The van der Waals surface area contributed by atoms with Gasteiger partial charge in [0.05, 0.1) is 12.7 Å². The molecule has 0 spiro atoms. The molecule has 0 bridgehead atoms. The molecule has 1 aliphatic carbocycles. The fourth-order valence-electron chi connectivity index (χ4n) is 4.36. The lowest BCUT2D eigenvalue weighted by Crippen LogP contribution is -2.44. The first kappa shape index (κ1) is 16.5. The second-order valence-corrected chi connectivity index (χ2v) is 7.11. The fraction of sp³-hybridized carbons (Fsp3) is 0.600. The van der Waals surface area contributed by atoms with Crippen LogP contribution >= 0.6 is 0 Å². The van der Waals surface area contributed by atoms with E-state index in [1.165, 1.54) is 18.4 Å². The topological polar surface area (TPSA) is 32.7 Å². The number of fused-ring (bicyclic) bond motifs is 1. The molecule has 2 fully saturated rings. The minimum Gasteiger partial charge on any atom is -0.497 e. The van der Waals surface area contributed by atoms with Crippen LogP contribution in [0.2, 0.25) is 0 Å². The number of aliphatic hydroxyl groups is 1. The number of nitrogens with zero attached hydrogens (tertiary/aromatic N) is 1. The molecule has 1 aliphatic heterocycles. The largest absolute Gasteiger partial charge is 0.497 e. The van der Waals surface area contributed by atoms with Crippen molar-refractivity contribution in [3.8, 4) is 5.75 Å². The second kappa shape index (κ2) is 7.06. The van der Waals surface area contributed by atoms with E-state index in [0.29, 0.717) is 11.8 Å². The van der Waals surface area contributed by atoms with E-state index in [-0.39, 0.29) is 0 Å². The monoisotopic (exact) mass is 315 g/mol. The van der Waals surface area contributed by atoms with Crippen LogP contribution in [0.3, 0.4) is 0 Å². The smallest absolute Gasteiger partial charge is 0.118 e. The Morgan fingerprint density at radius 1 is 1.30 bits per heavy atom. The SMILES string of the molecule is CC[C@@]1(O)CCC[C@@H]2CN(C/C=C/c3ccc(OC)cc3)C[C@@H]21. The van der Waals surface area contributed by atoms with Gasteiger partial charge in [-0.1, -0.05) is 37.6 Å². The van der Waals surface area contributed by atoms with Crippen molar-refractivity contribution in [2.75, 3.05) is 26.7 Å². The predicted molar refractivity (Wildman–Crippen MR) is 94.5 cm³/mol. The van der Waals surface area contributed by atoms with E-state index in [1.54, 1.807) is 7.11 Å². The highest BCUT2D eigenvalue weighted by Gasteiger charge is 2.47. The zero-order chi connectivity index (χ0) is 16.3. The molecule has 2 aliphatic rings. The van der Waals surface area contributed by atoms with E-state index in [0.717, 1.165) is 38.2 Å². The summed E-state index contributed by atoms with van der Waals surface area (Å²) in [6.07, 6.45) is 8.76. The summed E-state index contributed by atoms with van der Waals surface area (Å²) < 4.78 is 5.18. The van der Waals surface area contributed by atoms with Crippen LogP contribution in [-0.4, -0.2) is 42.4 Å². The second-order valence-electron chi connectivity index (χ2n) is 7.11. The number of benzene rings is 1. The standard InChI is InChI=1S/C20H29NO2/c1-3-20(22)12-4-7-17-14-21(15-19(17)20)13-5-6-16-8-10-18(23-2)11-9-16/h5-6,8-11,17,19,22H,3-4,7,12-15H2,1-2H3/b6-5+/t17-,19+,20-/m1/s1. The average Bonchev–Trinajstić information content (AvgIpc) is 3.00. The predicted octanol–water partition coefficient (Wildman–Crippen LogP) is 3.58. The van der Waals surface area contributed by atoms with Crippen molar-refractivity contribution < 1.29 is 9.84 Å². The van der Waals surface area contributed by atoms with Crippen molar-refractivity contribution in [2.45, 2.75) is 38.2 Å². The molecular weight excluding hydrogens is 286 g/mol. The number of hydrogen-bond donors (Lipinski definition) is 1. The molecule has 1 heterocycles. The average molecular weight is 315 g/mol. The summed E-state index contributed by atoms with van der Waals surface area (Å²) in [4.78, 5) is 2.50. The van der Waals surface area contributed by atoms with Crippen LogP contribution in [0.5, 0.6) is 5.75 Å². The van der Waals surface area contributed by atoms with E-state index in [1.807, 2.05) is 12.1 Å². The molecule has 1 saturated carbocycles. The normalized spacial score (nSPS) is 31.4.